The first-order chi connectivity index (χ1) is 15.3. The molecule has 156 valence electrons. The highest BCUT2D eigenvalue weighted by Gasteiger charge is 2.16. The van der Waals surface area contributed by atoms with Gasteiger partial charge in [0.05, 0.1) is 7.11 Å². The van der Waals surface area contributed by atoms with Crippen LogP contribution in [-0.2, 0) is 0 Å². The van der Waals surface area contributed by atoms with Crippen molar-refractivity contribution in [2.24, 2.45) is 0 Å². The molecule has 0 amide bonds. The third-order valence-electron chi connectivity index (χ3n) is 4.78. The number of hydrogen-bond donors (Lipinski definition) is 0. The number of carbonyl (C=O) groups excluding carboxylic acids is 1. The quantitative estimate of drug-likeness (QED) is 0.209. The molecule has 31 heavy (non-hydrogen) atoms. The van der Waals surface area contributed by atoms with Crippen molar-refractivity contribution in [2.75, 3.05) is 12.9 Å². The fourth-order valence-corrected chi connectivity index (χ4v) is 4.07. The Morgan fingerprint density at radius 1 is 0.968 bits per heavy atom. The van der Waals surface area contributed by atoms with Gasteiger partial charge in [0.15, 0.2) is 16.8 Å². The lowest BCUT2D eigenvalue weighted by atomic mass is 10.1. The van der Waals surface area contributed by atoms with Gasteiger partial charge in [-0.1, -0.05) is 42.1 Å². The van der Waals surface area contributed by atoms with E-state index in [0.29, 0.717) is 6.42 Å². The molecule has 2 heterocycles. The summed E-state index contributed by atoms with van der Waals surface area (Å²) in [7, 11) is 1.65. The maximum atomic E-state index is 12.3. The molecule has 0 aliphatic rings. The molecule has 0 saturated carbocycles. The summed E-state index contributed by atoms with van der Waals surface area (Å²) < 4.78 is 7.31. The van der Waals surface area contributed by atoms with Crippen LogP contribution in [0.2, 0.25) is 0 Å². The van der Waals surface area contributed by atoms with Crippen LogP contribution in [0.15, 0.2) is 84.3 Å². The molecule has 0 N–H and O–H groups in total. The monoisotopic (exact) mass is 430 g/mol. The summed E-state index contributed by atoms with van der Waals surface area (Å²) in [5.41, 5.74) is 2.64. The first kappa shape index (κ1) is 20.8. The number of nitrogens with zero attached hydrogens (tertiary/aromatic N) is 4. The van der Waals surface area contributed by atoms with E-state index in [2.05, 4.69) is 15.2 Å². The van der Waals surface area contributed by atoms with Gasteiger partial charge in [-0.05, 0) is 42.8 Å². The van der Waals surface area contributed by atoms with E-state index in [0.717, 1.165) is 45.7 Å². The van der Waals surface area contributed by atoms with Crippen molar-refractivity contribution in [2.45, 2.75) is 18.0 Å². The van der Waals surface area contributed by atoms with E-state index in [9.17, 15) is 4.79 Å². The SMILES string of the molecule is COc1ccc(-n2c(SCCCC(=O)c3ccccc3)nnc2-c2ccncc2)cc1. The van der Waals surface area contributed by atoms with E-state index in [4.69, 9.17) is 4.74 Å². The van der Waals surface area contributed by atoms with Crippen LogP contribution in [0.5, 0.6) is 5.75 Å². The van der Waals surface area contributed by atoms with Gasteiger partial charge in [-0.3, -0.25) is 14.3 Å². The van der Waals surface area contributed by atoms with Crippen LogP contribution in [0.1, 0.15) is 23.2 Å². The molecule has 0 spiro atoms. The van der Waals surface area contributed by atoms with Crippen LogP contribution in [0.4, 0.5) is 0 Å². The number of Topliss-reactive ketones (excluding diaryl/α,β-unsaturated/α-hetero) is 1. The van der Waals surface area contributed by atoms with Crippen molar-refractivity contribution in [3.05, 3.63) is 84.7 Å². The second kappa shape index (κ2) is 10.0. The van der Waals surface area contributed by atoms with Crippen molar-refractivity contribution in [1.29, 1.82) is 0 Å². The summed E-state index contributed by atoms with van der Waals surface area (Å²) in [4.78, 5) is 16.4. The largest absolute Gasteiger partial charge is 0.497 e. The minimum absolute atomic E-state index is 0.162. The number of aromatic nitrogens is 4. The van der Waals surface area contributed by atoms with E-state index in [1.807, 2.05) is 71.3 Å². The number of pyridine rings is 1. The highest BCUT2D eigenvalue weighted by Crippen LogP contribution is 2.29. The fourth-order valence-electron chi connectivity index (χ4n) is 3.18. The van der Waals surface area contributed by atoms with E-state index in [1.165, 1.54) is 0 Å². The number of methoxy groups -OCH3 is 1. The zero-order valence-electron chi connectivity index (χ0n) is 17.1. The molecule has 0 fully saturated rings. The second-order valence-electron chi connectivity index (χ2n) is 6.82. The number of ketones is 1. The summed E-state index contributed by atoms with van der Waals surface area (Å²) in [6.45, 7) is 0. The highest BCUT2D eigenvalue weighted by atomic mass is 32.2. The molecular weight excluding hydrogens is 408 g/mol. The summed E-state index contributed by atoms with van der Waals surface area (Å²) >= 11 is 1.59. The Bertz CT molecular complexity index is 1130. The number of hydrogen-bond acceptors (Lipinski definition) is 6. The van der Waals surface area contributed by atoms with Crippen molar-refractivity contribution in [1.82, 2.24) is 19.7 Å². The van der Waals surface area contributed by atoms with Gasteiger partial charge >= 0.3 is 0 Å². The molecule has 6 nitrogen and oxygen atoms in total. The smallest absolute Gasteiger partial charge is 0.196 e. The number of ether oxygens (including phenoxy) is 1. The highest BCUT2D eigenvalue weighted by molar-refractivity contribution is 7.99. The first-order valence-electron chi connectivity index (χ1n) is 9.97. The molecule has 0 saturated heterocycles. The van der Waals surface area contributed by atoms with Gasteiger partial charge in [0.2, 0.25) is 0 Å². The lowest BCUT2D eigenvalue weighted by Gasteiger charge is -2.11. The molecule has 0 atom stereocenters. The van der Waals surface area contributed by atoms with E-state index in [1.54, 1.807) is 31.3 Å². The van der Waals surface area contributed by atoms with Crippen LogP contribution in [0.25, 0.3) is 17.1 Å². The molecule has 2 aromatic heterocycles. The standard InChI is InChI=1S/C24H22N4O2S/c1-30-21-11-9-20(10-12-21)28-23(19-13-15-25-16-14-19)26-27-24(28)31-17-5-8-22(29)18-6-3-2-4-7-18/h2-4,6-7,9-16H,5,8,17H2,1H3. The molecule has 0 aliphatic carbocycles. The average Bonchev–Trinajstić information content (AvgIpc) is 3.26. The van der Waals surface area contributed by atoms with Gasteiger partial charge in [-0.2, -0.15) is 0 Å². The van der Waals surface area contributed by atoms with Gasteiger partial charge in [0.1, 0.15) is 5.75 Å². The van der Waals surface area contributed by atoms with Crippen LogP contribution in [-0.4, -0.2) is 38.4 Å². The molecule has 0 aliphatic heterocycles. The Balaban J connectivity index is 1.51. The average molecular weight is 431 g/mol. The third kappa shape index (κ3) is 5.00. The second-order valence-corrected chi connectivity index (χ2v) is 7.88. The topological polar surface area (TPSA) is 69.9 Å². The zero-order valence-corrected chi connectivity index (χ0v) is 18.0. The van der Waals surface area contributed by atoms with Crippen molar-refractivity contribution in [3.8, 4) is 22.8 Å². The normalized spacial score (nSPS) is 10.7. The van der Waals surface area contributed by atoms with Gasteiger partial charge < -0.3 is 4.74 Å². The van der Waals surface area contributed by atoms with Crippen molar-refractivity contribution < 1.29 is 9.53 Å². The van der Waals surface area contributed by atoms with Gasteiger partial charge in [0.25, 0.3) is 0 Å². The first-order valence-corrected chi connectivity index (χ1v) is 11.0. The predicted molar refractivity (Wildman–Crippen MR) is 122 cm³/mol. The molecule has 4 aromatic rings. The number of benzene rings is 2. The van der Waals surface area contributed by atoms with Crippen molar-refractivity contribution in [3.63, 3.8) is 0 Å². The zero-order chi connectivity index (χ0) is 21.5. The minimum atomic E-state index is 0.162. The number of thioether (sulfide) groups is 1. The predicted octanol–water partition coefficient (Wildman–Crippen LogP) is 5.09. The summed E-state index contributed by atoms with van der Waals surface area (Å²) in [5, 5.41) is 9.64. The van der Waals surface area contributed by atoms with Gasteiger partial charge in [-0.15, -0.1) is 10.2 Å². The summed E-state index contributed by atoms with van der Waals surface area (Å²) in [6, 6.07) is 21.0. The lowest BCUT2D eigenvalue weighted by Crippen LogP contribution is -2.01. The number of carbonyl (C=O) groups is 1. The molecule has 2 aromatic carbocycles. The Morgan fingerprint density at radius 2 is 1.71 bits per heavy atom. The maximum Gasteiger partial charge on any atom is 0.196 e. The molecule has 7 heteroatoms. The summed E-state index contributed by atoms with van der Waals surface area (Å²) in [5.74, 6) is 2.46. The molecule has 0 bridgehead atoms. The fraction of sp³-hybridized carbons (Fsp3) is 0.167. The summed E-state index contributed by atoms with van der Waals surface area (Å²) in [6.07, 6.45) is 4.75. The Hall–Kier alpha value is -3.45. The van der Waals surface area contributed by atoms with E-state index < -0.39 is 0 Å². The van der Waals surface area contributed by atoms with Gasteiger partial charge in [-0.25, -0.2) is 0 Å². The van der Waals surface area contributed by atoms with E-state index in [-0.39, 0.29) is 5.78 Å². The molecular formula is C24H22N4O2S. The Morgan fingerprint density at radius 3 is 2.42 bits per heavy atom. The van der Waals surface area contributed by atoms with Gasteiger partial charge in [0, 0.05) is 41.4 Å². The van der Waals surface area contributed by atoms with Crippen LogP contribution < -0.4 is 4.74 Å². The molecule has 4 rings (SSSR count). The van der Waals surface area contributed by atoms with Crippen LogP contribution in [0, 0.1) is 0 Å². The third-order valence-corrected chi connectivity index (χ3v) is 5.79. The molecule has 0 radical (unpaired) electrons. The minimum Gasteiger partial charge on any atom is -0.497 e. The Kier molecular flexibility index (Phi) is 6.74. The van der Waals surface area contributed by atoms with Crippen LogP contribution >= 0.6 is 11.8 Å². The number of rotatable bonds is 9. The van der Waals surface area contributed by atoms with Crippen molar-refractivity contribution >= 4 is 17.5 Å². The van der Waals surface area contributed by atoms with Crippen LogP contribution in [0.3, 0.4) is 0 Å². The Labute approximate surface area is 185 Å². The van der Waals surface area contributed by atoms with E-state index >= 15 is 0 Å². The maximum absolute atomic E-state index is 12.3. The lowest BCUT2D eigenvalue weighted by molar-refractivity contribution is 0.0982. The molecule has 0 unspecified atom stereocenters.